The highest BCUT2D eigenvalue weighted by molar-refractivity contribution is 5.27. The van der Waals surface area contributed by atoms with E-state index < -0.39 is 6.10 Å². The summed E-state index contributed by atoms with van der Waals surface area (Å²) >= 11 is 0. The average molecular weight is 256 g/mol. The molecule has 3 nitrogen and oxygen atoms in total. The Hall–Kier alpha value is -1.71. The molecule has 2 aromatic rings. The van der Waals surface area contributed by atoms with Gasteiger partial charge < -0.3 is 10.4 Å². The van der Waals surface area contributed by atoms with Crippen molar-refractivity contribution in [2.45, 2.75) is 26.0 Å². The summed E-state index contributed by atoms with van der Waals surface area (Å²) < 4.78 is 0. The molecule has 0 radical (unpaired) electrons. The fraction of sp³-hybridized carbons (Fsp3) is 0.312. The molecule has 0 spiro atoms. The number of aliphatic hydroxyl groups is 1. The van der Waals surface area contributed by atoms with Crippen molar-refractivity contribution in [3.05, 3.63) is 65.5 Å². The SMILES string of the molecule is Cc1ccccc1C(O)CNC(C)c1cccnc1. The molecule has 0 aliphatic carbocycles. The first-order valence-electron chi connectivity index (χ1n) is 6.55. The summed E-state index contributed by atoms with van der Waals surface area (Å²) in [6, 6.07) is 12.1. The van der Waals surface area contributed by atoms with Gasteiger partial charge in [0.15, 0.2) is 0 Å². The number of pyridine rings is 1. The van der Waals surface area contributed by atoms with Crippen molar-refractivity contribution in [3.8, 4) is 0 Å². The van der Waals surface area contributed by atoms with E-state index in [-0.39, 0.29) is 6.04 Å². The Labute approximate surface area is 114 Å². The zero-order valence-corrected chi connectivity index (χ0v) is 11.4. The Morgan fingerprint density at radius 3 is 2.68 bits per heavy atom. The number of benzene rings is 1. The summed E-state index contributed by atoms with van der Waals surface area (Å²) in [5, 5.41) is 13.6. The number of nitrogens with zero attached hydrogens (tertiary/aromatic N) is 1. The fourth-order valence-corrected chi connectivity index (χ4v) is 2.11. The molecule has 19 heavy (non-hydrogen) atoms. The van der Waals surface area contributed by atoms with Gasteiger partial charge in [-0.3, -0.25) is 4.98 Å². The monoisotopic (exact) mass is 256 g/mol. The first-order valence-corrected chi connectivity index (χ1v) is 6.55. The summed E-state index contributed by atoms with van der Waals surface area (Å²) in [7, 11) is 0. The first-order chi connectivity index (χ1) is 9.18. The zero-order chi connectivity index (χ0) is 13.7. The van der Waals surface area contributed by atoms with E-state index in [1.54, 1.807) is 6.20 Å². The maximum absolute atomic E-state index is 10.2. The van der Waals surface area contributed by atoms with E-state index in [2.05, 4.69) is 17.2 Å². The van der Waals surface area contributed by atoms with E-state index in [1.807, 2.05) is 49.5 Å². The molecule has 2 atom stereocenters. The predicted octanol–water partition coefficient (Wildman–Crippen LogP) is 2.77. The van der Waals surface area contributed by atoms with Crippen LogP contribution in [-0.4, -0.2) is 16.6 Å². The van der Waals surface area contributed by atoms with E-state index in [0.717, 1.165) is 16.7 Å². The molecule has 0 bridgehead atoms. The summed E-state index contributed by atoms with van der Waals surface area (Å²) in [5.74, 6) is 0. The summed E-state index contributed by atoms with van der Waals surface area (Å²) in [6.45, 7) is 4.62. The lowest BCUT2D eigenvalue weighted by atomic mass is 10.0. The molecule has 0 saturated heterocycles. The number of aliphatic hydroxyl groups excluding tert-OH is 1. The van der Waals surface area contributed by atoms with Crippen LogP contribution in [0.15, 0.2) is 48.8 Å². The first kappa shape index (κ1) is 13.7. The van der Waals surface area contributed by atoms with Gasteiger partial charge in [0.05, 0.1) is 6.10 Å². The Bertz CT molecular complexity index is 513. The van der Waals surface area contributed by atoms with Crippen molar-refractivity contribution in [1.82, 2.24) is 10.3 Å². The Balaban J connectivity index is 1.94. The topological polar surface area (TPSA) is 45.1 Å². The van der Waals surface area contributed by atoms with Gasteiger partial charge in [0, 0.05) is 25.0 Å². The molecule has 1 aromatic carbocycles. The molecule has 0 amide bonds. The van der Waals surface area contributed by atoms with Crippen LogP contribution in [0.1, 0.15) is 35.8 Å². The van der Waals surface area contributed by atoms with Gasteiger partial charge in [0.2, 0.25) is 0 Å². The van der Waals surface area contributed by atoms with E-state index in [4.69, 9.17) is 0 Å². The van der Waals surface area contributed by atoms with Gasteiger partial charge in [-0.15, -0.1) is 0 Å². The number of hydrogen-bond donors (Lipinski definition) is 2. The minimum Gasteiger partial charge on any atom is -0.387 e. The highest BCUT2D eigenvalue weighted by Crippen LogP contribution is 2.18. The third-order valence-electron chi connectivity index (χ3n) is 3.35. The molecule has 1 aromatic heterocycles. The van der Waals surface area contributed by atoms with Gasteiger partial charge in [-0.2, -0.15) is 0 Å². The lowest BCUT2D eigenvalue weighted by Crippen LogP contribution is -2.25. The summed E-state index contributed by atoms with van der Waals surface area (Å²) in [4.78, 5) is 4.10. The maximum atomic E-state index is 10.2. The van der Waals surface area contributed by atoms with Crippen LogP contribution in [0.5, 0.6) is 0 Å². The average Bonchev–Trinajstić information content (AvgIpc) is 2.46. The fourth-order valence-electron chi connectivity index (χ4n) is 2.11. The van der Waals surface area contributed by atoms with Crippen LogP contribution in [0, 0.1) is 6.92 Å². The highest BCUT2D eigenvalue weighted by atomic mass is 16.3. The number of aryl methyl sites for hydroxylation is 1. The van der Waals surface area contributed by atoms with Crippen molar-refractivity contribution in [3.63, 3.8) is 0 Å². The second kappa shape index (κ2) is 6.45. The molecular weight excluding hydrogens is 236 g/mol. The van der Waals surface area contributed by atoms with E-state index in [0.29, 0.717) is 6.54 Å². The van der Waals surface area contributed by atoms with Crippen molar-refractivity contribution >= 4 is 0 Å². The molecule has 0 saturated carbocycles. The van der Waals surface area contributed by atoms with Crippen molar-refractivity contribution in [2.24, 2.45) is 0 Å². The molecule has 1 heterocycles. The molecular formula is C16H20N2O. The Kier molecular flexibility index (Phi) is 4.66. The van der Waals surface area contributed by atoms with Crippen molar-refractivity contribution in [2.75, 3.05) is 6.54 Å². The predicted molar refractivity (Wildman–Crippen MR) is 76.8 cm³/mol. The molecule has 100 valence electrons. The lowest BCUT2D eigenvalue weighted by Gasteiger charge is -2.18. The lowest BCUT2D eigenvalue weighted by molar-refractivity contribution is 0.170. The van der Waals surface area contributed by atoms with Crippen LogP contribution in [0.25, 0.3) is 0 Å². The van der Waals surface area contributed by atoms with Crippen LogP contribution in [-0.2, 0) is 0 Å². The van der Waals surface area contributed by atoms with Crippen LogP contribution in [0.3, 0.4) is 0 Å². The third kappa shape index (κ3) is 3.63. The molecule has 2 rings (SSSR count). The molecule has 0 fully saturated rings. The second-order valence-electron chi connectivity index (χ2n) is 4.79. The highest BCUT2D eigenvalue weighted by Gasteiger charge is 2.12. The third-order valence-corrected chi connectivity index (χ3v) is 3.35. The smallest absolute Gasteiger partial charge is 0.0917 e. The number of aromatic nitrogens is 1. The normalized spacial score (nSPS) is 14.1. The van der Waals surface area contributed by atoms with E-state index >= 15 is 0 Å². The number of rotatable bonds is 5. The number of hydrogen-bond acceptors (Lipinski definition) is 3. The second-order valence-corrected chi connectivity index (χ2v) is 4.79. The Morgan fingerprint density at radius 2 is 2.00 bits per heavy atom. The molecule has 0 aliphatic heterocycles. The Morgan fingerprint density at radius 1 is 1.21 bits per heavy atom. The van der Waals surface area contributed by atoms with Gasteiger partial charge in [0.25, 0.3) is 0 Å². The van der Waals surface area contributed by atoms with Gasteiger partial charge in [-0.25, -0.2) is 0 Å². The molecule has 2 N–H and O–H groups in total. The maximum Gasteiger partial charge on any atom is 0.0917 e. The quantitative estimate of drug-likeness (QED) is 0.864. The summed E-state index contributed by atoms with van der Waals surface area (Å²) in [6.07, 6.45) is 3.12. The van der Waals surface area contributed by atoms with Crippen LogP contribution in [0.4, 0.5) is 0 Å². The minimum atomic E-state index is -0.486. The van der Waals surface area contributed by atoms with E-state index in [9.17, 15) is 5.11 Å². The summed E-state index contributed by atoms with van der Waals surface area (Å²) in [5.41, 5.74) is 3.22. The largest absolute Gasteiger partial charge is 0.387 e. The van der Waals surface area contributed by atoms with Gasteiger partial charge in [0.1, 0.15) is 0 Å². The number of nitrogens with one attached hydrogen (secondary N) is 1. The van der Waals surface area contributed by atoms with Crippen molar-refractivity contribution < 1.29 is 5.11 Å². The van der Waals surface area contributed by atoms with Crippen LogP contribution >= 0.6 is 0 Å². The van der Waals surface area contributed by atoms with Gasteiger partial charge in [-0.05, 0) is 36.6 Å². The zero-order valence-electron chi connectivity index (χ0n) is 11.4. The van der Waals surface area contributed by atoms with Gasteiger partial charge >= 0.3 is 0 Å². The molecule has 3 heteroatoms. The van der Waals surface area contributed by atoms with Gasteiger partial charge in [-0.1, -0.05) is 30.3 Å². The molecule has 2 unspecified atom stereocenters. The van der Waals surface area contributed by atoms with Crippen LogP contribution in [0.2, 0.25) is 0 Å². The van der Waals surface area contributed by atoms with E-state index in [1.165, 1.54) is 0 Å². The molecule has 0 aliphatic rings. The minimum absolute atomic E-state index is 0.173. The van der Waals surface area contributed by atoms with Crippen molar-refractivity contribution in [1.29, 1.82) is 0 Å². The standard InChI is InChI=1S/C16H20N2O/c1-12-6-3-4-8-15(12)16(19)11-18-13(2)14-7-5-9-17-10-14/h3-10,13,16,18-19H,11H2,1-2H3. The van der Waals surface area contributed by atoms with Crippen LogP contribution < -0.4 is 5.32 Å².